The van der Waals surface area contributed by atoms with Crippen molar-refractivity contribution in [2.24, 2.45) is 0 Å². The highest BCUT2D eigenvalue weighted by atomic mass is 16.5. The number of ether oxygens (including phenoxy) is 1. The van der Waals surface area contributed by atoms with E-state index in [0.717, 1.165) is 37.1 Å². The number of pyridine rings is 3. The molecule has 0 saturated carbocycles. The number of anilines is 3. The van der Waals surface area contributed by atoms with E-state index in [-0.39, 0.29) is 11.9 Å². The van der Waals surface area contributed by atoms with Gasteiger partial charge in [0.15, 0.2) is 11.5 Å². The molecule has 194 valence electrons. The first-order chi connectivity index (χ1) is 18.4. The molecule has 38 heavy (non-hydrogen) atoms. The van der Waals surface area contributed by atoms with Gasteiger partial charge in [-0.25, -0.2) is 15.0 Å². The zero-order valence-corrected chi connectivity index (χ0v) is 21.5. The summed E-state index contributed by atoms with van der Waals surface area (Å²) in [4.78, 5) is 28.9. The summed E-state index contributed by atoms with van der Waals surface area (Å²) in [7, 11) is 1.75. The van der Waals surface area contributed by atoms with Crippen LogP contribution in [0.25, 0.3) is 16.9 Å². The van der Waals surface area contributed by atoms with Crippen LogP contribution in [-0.4, -0.2) is 63.0 Å². The quantitative estimate of drug-likeness (QED) is 0.380. The molecule has 0 radical (unpaired) electrons. The molecule has 0 aromatic carbocycles. The highest BCUT2D eigenvalue weighted by Gasteiger charge is 2.20. The average Bonchev–Trinajstić information content (AvgIpc) is 3.36. The number of piperidine rings is 1. The number of fused-ring (bicyclic) bond motifs is 1. The monoisotopic (exact) mass is 511 g/mol. The van der Waals surface area contributed by atoms with Crippen LogP contribution in [0.2, 0.25) is 0 Å². The predicted molar refractivity (Wildman–Crippen MR) is 145 cm³/mol. The number of rotatable bonds is 7. The fourth-order valence-corrected chi connectivity index (χ4v) is 4.49. The lowest BCUT2D eigenvalue weighted by atomic mass is 10.1. The third-order valence-corrected chi connectivity index (χ3v) is 6.44. The van der Waals surface area contributed by atoms with Crippen LogP contribution in [0.4, 0.5) is 17.2 Å². The van der Waals surface area contributed by atoms with Gasteiger partial charge in [-0.1, -0.05) is 0 Å². The van der Waals surface area contributed by atoms with E-state index in [1.165, 1.54) is 12.4 Å². The topological polar surface area (TPSA) is 134 Å². The molecule has 5 rings (SSSR count). The van der Waals surface area contributed by atoms with Crippen LogP contribution in [0.5, 0.6) is 0 Å². The van der Waals surface area contributed by atoms with Gasteiger partial charge in [0.25, 0.3) is 5.91 Å². The molecule has 1 amide bonds. The number of hydrogen-bond donors (Lipinski definition) is 2. The van der Waals surface area contributed by atoms with Gasteiger partial charge in [-0.05, 0) is 44.9 Å². The van der Waals surface area contributed by atoms with Crippen LogP contribution in [0.1, 0.15) is 42.6 Å². The first-order valence-corrected chi connectivity index (χ1v) is 12.5. The maximum atomic E-state index is 13.2. The Morgan fingerprint density at radius 3 is 2.55 bits per heavy atom. The molecule has 11 heteroatoms. The largest absolute Gasteiger partial charge is 0.382 e. The molecule has 1 fully saturated rings. The Bertz CT molecular complexity index is 1480. The van der Waals surface area contributed by atoms with E-state index in [9.17, 15) is 4.79 Å². The molecule has 2 N–H and O–H groups in total. The van der Waals surface area contributed by atoms with Crippen molar-refractivity contribution in [2.75, 3.05) is 35.7 Å². The fourth-order valence-electron chi connectivity index (χ4n) is 4.49. The molecule has 4 aromatic rings. The molecule has 1 aliphatic heterocycles. The van der Waals surface area contributed by atoms with Gasteiger partial charge in [-0.2, -0.15) is 15.0 Å². The second-order valence-electron chi connectivity index (χ2n) is 9.47. The lowest BCUT2D eigenvalue weighted by molar-refractivity contribution is 0.0818. The molecule has 1 aliphatic rings. The van der Waals surface area contributed by atoms with Crippen LogP contribution < -0.4 is 15.5 Å². The fraction of sp³-hybridized carbons (Fsp3) is 0.333. The maximum absolute atomic E-state index is 13.2. The van der Waals surface area contributed by atoms with Gasteiger partial charge in [-0.3, -0.25) is 4.79 Å². The van der Waals surface area contributed by atoms with Crippen molar-refractivity contribution in [3.05, 3.63) is 60.2 Å². The second kappa shape index (κ2) is 10.8. The zero-order chi connectivity index (χ0) is 26.6. The highest BCUT2D eigenvalue weighted by Crippen LogP contribution is 2.24. The van der Waals surface area contributed by atoms with Crippen LogP contribution in [0.3, 0.4) is 0 Å². The number of methoxy groups -OCH3 is 1. The third kappa shape index (κ3) is 5.26. The predicted octanol–water partition coefficient (Wildman–Crippen LogP) is 3.77. The summed E-state index contributed by atoms with van der Waals surface area (Å²) in [6.45, 7) is 5.77. The summed E-state index contributed by atoms with van der Waals surface area (Å²) < 4.78 is 7.03. The van der Waals surface area contributed by atoms with E-state index in [1.54, 1.807) is 36.3 Å². The van der Waals surface area contributed by atoms with E-state index in [0.29, 0.717) is 40.1 Å². The Hall–Kier alpha value is -4.56. The molecular weight excluding hydrogens is 482 g/mol. The first-order valence-electron chi connectivity index (χ1n) is 12.5. The number of carbonyl (C=O) groups is 1. The van der Waals surface area contributed by atoms with Crippen LogP contribution in [0, 0.1) is 11.3 Å². The molecule has 11 nitrogen and oxygen atoms in total. The van der Waals surface area contributed by atoms with E-state index in [2.05, 4.69) is 41.7 Å². The molecule has 0 spiro atoms. The second-order valence-corrected chi connectivity index (χ2v) is 9.47. The van der Waals surface area contributed by atoms with E-state index in [4.69, 9.17) is 10.00 Å². The van der Waals surface area contributed by atoms with Gasteiger partial charge >= 0.3 is 0 Å². The Kier molecular flexibility index (Phi) is 7.15. The Balaban J connectivity index is 1.35. The van der Waals surface area contributed by atoms with Crippen molar-refractivity contribution in [1.82, 2.24) is 24.7 Å². The minimum atomic E-state index is -0.301. The summed E-state index contributed by atoms with van der Waals surface area (Å²) in [5.74, 6) is 1.08. The number of nitrogens with one attached hydrogen (secondary N) is 2. The van der Waals surface area contributed by atoms with Gasteiger partial charge in [0.2, 0.25) is 0 Å². The molecule has 1 saturated heterocycles. The Morgan fingerprint density at radius 1 is 1.08 bits per heavy atom. The number of aromatic nitrogens is 5. The summed E-state index contributed by atoms with van der Waals surface area (Å²) in [6, 6.07) is 9.43. The summed E-state index contributed by atoms with van der Waals surface area (Å²) >= 11 is 0. The molecule has 0 unspecified atom stereocenters. The van der Waals surface area contributed by atoms with Crippen LogP contribution in [0.15, 0.2) is 49.1 Å². The van der Waals surface area contributed by atoms with Crippen molar-refractivity contribution in [3.63, 3.8) is 0 Å². The smallest absolute Gasteiger partial charge is 0.259 e. The lowest BCUT2D eigenvalue weighted by Crippen LogP contribution is -2.37. The van der Waals surface area contributed by atoms with Crippen molar-refractivity contribution in [3.8, 4) is 11.9 Å². The zero-order valence-electron chi connectivity index (χ0n) is 21.5. The van der Waals surface area contributed by atoms with Crippen molar-refractivity contribution < 1.29 is 9.53 Å². The molecule has 4 aromatic heterocycles. The number of amides is 1. The van der Waals surface area contributed by atoms with E-state index in [1.807, 2.05) is 26.0 Å². The standard InChI is InChI=1S/C27H29N9O2/c1-17(2)33-23-11-25(36-26-19(14-32-36)10-18(12-28)13-31-26)30-16-22(23)27(37)34-20-4-5-24(29-15-20)35-8-6-21(38-3)7-9-35/h4-5,10-11,13-17,21H,6-9H2,1-3H3,(H,30,33)(H,34,37). The lowest BCUT2D eigenvalue weighted by Gasteiger charge is -2.32. The van der Waals surface area contributed by atoms with E-state index < -0.39 is 0 Å². The number of nitrogens with zero attached hydrogens (tertiary/aromatic N) is 7. The molecule has 0 atom stereocenters. The minimum absolute atomic E-state index is 0.0747. The normalized spacial score (nSPS) is 14.0. The van der Waals surface area contributed by atoms with Crippen LogP contribution >= 0.6 is 0 Å². The van der Waals surface area contributed by atoms with Crippen LogP contribution in [-0.2, 0) is 4.74 Å². The number of nitriles is 1. The van der Waals surface area contributed by atoms with E-state index >= 15 is 0 Å². The maximum Gasteiger partial charge on any atom is 0.259 e. The summed E-state index contributed by atoms with van der Waals surface area (Å²) in [6.07, 6.45) is 8.57. The Morgan fingerprint density at radius 2 is 1.87 bits per heavy atom. The molecule has 0 aliphatic carbocycles. The summed E-state index contributed by atoms with van der Waals surface area (Å²) in [5.41, 5.74) is 2.63. The summed E-state index contributed by atoms with van der Waals surface area (Å²) in [5, 5.41) is 20.5. The van der Waals surface area contributed by atoms with Gasteiger partial charge < -0.3 is 20.3 Å². The third-order valence-electron chi connectivity index (χ3n) is 6.44. The Labute approximate surface area is 220 Å². The van der Waals surface area contributed by atoms with Crippen molar-refractivity contribution in [2.45, 2.75) is 38.8 Å². The average molecular weight is 512 g/mol. The van der Waals surface area contributed by atoms with Crippen molar-refractivity contribution in [1.29, 1.82) is 5.26 Å². The molecule has 0 bridgehead atoms. The number of hydrogen-bond acceptors (Lipinski definition) is 9. The SMILES string of the molecule is COC1CCN(c2ccc(NC(=O)c3cnc(-n4ncc5cc(C#N)cnc54)cc3NC(C)C)cn2)CC1. The molecular formula is C27H29N9O2. The highest BCUT2D eigenvalue weighted by molar-refractivity contribution is 6.08. The molecule has 5 heterocycles. The minimum Gasteiger partial charge on any atom is -0.382 e. The van der Waals surface area contributed by atoms with Crippen molar-refractivity contribution >= 4 is 34.1 Å². The number of carbonyl (C=O) groups excluding carboxylic acids is 1. The van der Waals surface area contributed by atoms with Gasteiger partial charge in [0.05, 0.1) is 41.0 Å². The van der Waals surface area contributed by atoms with Gasteiger partial charge in [0.1, 0.15) is 11.9 Å². The van der Waals surface area contributed by atoms with Gasteiger partial charge in [-0.15, -0.1) is 0 Å². The van der Waals surface area contributed by atoms with Gasteiger partial charge in [0, 0.05) is 50.1 Å². The first kappa shape index (κ1) is 25.1.